The van der Waals surface area contributed by atoms with Gasteiger partial charge >= 0.3 is 0 Å². The van der Waals surface area contributed by atoms with E-state index in [9.17, 15) is 13.2 Å². The average molecular weight is 396 g/mol. The van der Waals surface area contributed by atoms with Crippen molar-refractivity contribution in [1.29, 1.82) is 0 Å². The fourth-order valence-electron chi connectivity index (χ4n) is 7.97. The molecular formula is C22H37NO3S. The quantitative estimate of drug-likeness (QED) is 0.712. The van der Waals surface area contributed by atoms with Crippen LogP contribution in [0, 0.1) is 34.5 Å². The number of hydrogen-bond donors (Lipinski definition) is 0. The third-order valence-electron chi connectivity index (χ3n) is 9.57. The molecule has 0 aromatic heterocycles. The molecule has 1 saturated heterocycles. The number of likely N-dealkylation sites (tertiary alicyclic amines) is 1. The molecule has 0 bridgehead atoms. The lowest BCUT2D eigenvalue weighted by Crippen LogP contribution is -2.62. The highest BCUT2D eigenvalue weighted by Crippen LogP contribution is 2.66. The molecule has 4 fully saturated rings. The SMILES string of the molecule is CCS(=O)(=O)[C@H]1C[C@H]2[C@@H]3[C@@H](C)C[C@H]4N(C)C(=O)CC[C@]4(C)[C@H]3CC[C@]2(C)C1. The molecule has 0 unspecified atom stereocenters. The number of carbonyl (C=O) groups excluding carboxylic acids is 1. The zero-order chi connectivity index (χ0) is 19.8. The summed E-state index contributed by atoms with van der Waals surface area (Å²) in [4.78, 5) is 14.4. The highest BCUT2D eigenvalue weighted by Gasteiger charge is 2.62. The topological polar surface area (TPSA) is 54.5 Å². The van der Waals surface area contributed by atoms with Gasteiger partial charge in [-0.15, -0.1) is 0 Å². The predicted octanol–water partition coefficient (Wildman–Crippen LogP) is 3.90. The number of piperidine rings is 1. The van der Waals surface area contributed by atoms with E-state index in [0.29, 0.717) is 42.0 Å². The molecular weight excluding hydrogens is 358 g/mol. The first kappa shape index (κ1) is 19.7. The molecule has 0 N–H and O–H groups in total. The molecule has 4 rings (SSSR count). The van der Waals surface area contributed by atoms with Crippen molar-refractivity contribution < 1.29 is 13.2 Å². The Labute approximate surface area is 165 Å². The van der Waals surface area contributed by atoms with Gasteiger partial charge in [-0.1, -0.05) is 27.7 Å². The van der Waals surface area contributed by atoms with Gasteiger partial charge in [0.15, 0.2) is 9.84 Å². The highest BCUT2D eigenvalue weighted by atomic mass is 32.2. The van der Waals surface area contributed by atoms with E-state index in [4.69, 9.17) is 0 Å². The highest BCUT2D eigenvalue weighted by molar-refractivity contribution is 7.92. The number of nitrogens with zero attached hydrogens (tertiary/aromatic N) is 1. The standard InChI is InChI=1S/C22H37NO3S/c1-6-27(25,26)15-12-17-20-14(2)11-18-22(4,10-8-19(24)23(18)5)16(20)7-9-21(17,3)13-15/h14-18,20H,6-13H2,1-5H3/t14-,15-,16-,17-,18+,20+,21+,22+/m0/s1. The maximum absolute atomic E-state index is 12.7. The van der Waals surface area contributed by atoms with Crippen molar-refractivity contribution in [2.45, 2.75) is 83.9 Å². The van der Waals surface area contributed by atoms with Crippen LogP contribution in [-0.2, 0) is 14.6 Å². The summed E-state index contributed by atoms with van der Waals surface area (Å²) in [7, 11) is -0.953. The summed E-state index contributed by atoms with van der Waals surface area (Å²) in [6.45, 7) is 8.97. The van der Waals surface area contributed by atoms with Gasteiger partial charge in [-0.3, -0.25) is 4.79 Å². The van der Waals surface area contributed by atoms with Gasteiger partial charge in [0.05, 0.1) is 5.25 Å². The van der Waals surface area contributed by atoms with Crippen LogP contribution in [0.3, 0.4) is 0 Å². The maximum atomic E-state index is 12.7. The molecule has 0 radical (unpaired) electrons. The Balaban J connectivity index is 1.68. The molecule has 1 heterocycles. The van der Waals surface area contributed by atoms with E-state index >= 15 is 0 Å². The minimum absolute atomic E-state index is 0.135. The van der Waals surface area contributed by atoms with E-state index in [-0.39, 0.29) is 21.8 Å². The van der Waals surface area contributed by atoms with Crippen LogP contribution < -0.4 is 0 Å². The molecule has 8 atom stereocenters. The Morgan fingerprint density at radius 2 is 1.85 bits per heavy atom. The van der Waals surface area contributed by atoms with Crippen molar-refractivity contribution in [1.82, 2.24) is 4.90 Å². The summed E-state index contributed by atoms with van der Waals surface area (Å²) in [5.41, 5.74) is 0.380. The van der Waals surface area contributed by atoms with Crippen LogP contribution in [0.4, 0.5) is 0 Å². The largest absolute Gasteiger partial charge is 0.342 e. The van der Waals surface area contributed by atoms with Crippen molar-refractivity contribution in [2.75, 3.05) is 12.8 Å². The van der Waals surface area contributed by atoms with Gasteiger partial charge < -0.3 is 4.90 Å². The first-order chi connectivity index (χ1) is 12.5. The Kier molecular flexibility index (Phi) is 4.53. The fraction of sp³-hybridized carbons (Fsp3) is 0.955. The summed E-state index contributed by atoms with van der Waals surface area (Å²) >= 11 is 0. The Hall–Kier alpha value is -0.580. The van der Waals surface area contributed by atoms with E-state index in [1.807, 2.05) is 11.9 Å². The van der Waals surface area contributed by atoms with Crippen LogP contribution in [0.1, 0.15) is 72.6 Å². The lowest BCUT2D eigenvalue weighted by molar-refractivity contribution is -0.164. The van der Waals surface area contributed by atoms with Crippen LogP contribution >= 0.6 is 0 Å². The second-order valence-corrected chi connectivity index (χ2v) is 13.3. The zero-order valence-corrected chi connectivity index (χ0v) is 18.5. The number of sulfone groups is 1. The Bertz CT molecular complexity index is 734. The number of hydrogen-bond acceptors (Lipinski definition) is 3. The molecule has 3 aliphatic carbocycles. The molecule has 0 aromatic rings. The Morgan fingerprint density at radius 1 is 1.15 bits per heavy atom. The molecule has 4 nitrogen and oxygen atoms in total. The van der Waals surface area contributed by atoms with Crippen molar-refractivity contribution in [3.63, 3.8) is 0 Å². The summed E-state index contributed by atoms with van der Waals surface area (Å²) in [5.74, 6) is 2.91. The van der Waals surface area contributed by atoms with Crippen molar-refractivity contribution in [3.8, 4) is 0 Å². The first-order valence-electron chi connectivity index (χ1n) is 11.0. The van der Waals surface area contributed by atoms with Gasteiger partial charge in [-0.05, 0) is 73.0 Å². The van der Waals surface area contributed by atoms with Crippen LogP contribution in [0.15, 0.2) is 0 Å². The maximum Gasteiger partial charge on any atom is 0.222 e. The van der Waals surface area contributed by atoms with Gasteiger partial charge in [0.25, 0.3) is 0 Å². The van der Waals surface area contributed by atoms with Gasteiger partial charge in [-0.2, -0.15) is 0 Å². The van der Waals surface area contributed by atoms with Gasteiger partial charge in [0.1, 0.15) is 0 Å². The van der Waals surface area contributed by atoms with E-state index in [2.05, 4.69) is 20.8 Å². The van der Waals surface area contributed by atoms with Crippen molar-refractivity contribution in [2.24, 2.45) is 34.5 Å². The second-order valence-electron chi connectivity index (χ2n) is 10.7. The number of fused-ring (bicyclic) bond motifs is 5. The van der Waals surface area contributed by atoms with E-state index < -0.39 is 9.84 Å². The molecule has 1 amide bonds. The Morgan fingerprint density at radius 3 is 2.52 bits per heavy atom. The average Bonchev–Trinajstić information content (AvgIpc) is 2.99. The van der Waals surface area contributed by atoms with Crippen LogP contribution in [-0.4, -0.2) is 43.3 Å². The second kappa shape index (κ2) is 6.21. The number of carbonyl (C=O) groups is 1. The van der Waals surface area contributed by atoms with Gasteiger partial charge in [0.2, 0.25) is 5.91 Å². The lowest BCUT2D eigenvalue weighted by Gasteiger charge is -2.63. The third-order valence-corrected chi connectivity index (χ3v) is 11.8. The van der Waals surface area contributed by atoms with Gasteiger partial charge in [-0.25, -0.2) is 8.42 Å². The molecule has 27 heavy (non-hydrogen) atoms. The normalized spacial score (nSPS) is 50.1. The third kappa shape index (κ3) is 2.73. The van der Waals surface area contributed by atoms with E-state index in [0.717, 1.165) is 32.1 Å². The molecule has 5 heteroatoms. The lowest BCUT2D eigenvalue weighted by atomic mass is 9.45. The van der Waals surface area contributed by atoms with E-state index in [1.54, 1.807) is 6.92 Å². The molecule has 3 saturated carbocycles. The molecule has 154 valence electrons. The molecule has 0 aromatic carbocycles. The molecule has 1 aliphatic heterocycles. The summed E-state index contributed by atoms with van der Waals surface area (Å²) in [6, 6.07) is 0.357. The van der Waals surface area contributed by atoms with Crippen LogP contribution in [0.5, 0.6) is 0 Å². The van der Waals surface area contributed by atoms with Gasteiger partial charge in [0, 0.05) is 25.3 Å². The summed E-state index contributed by atoms with van der Waals surface area (Å²) in [6.07, 6.45) is 6.86. The molecule has 0 spiro atoms. The molecule has 4 aliphatic rings. The predicted molar refractivity (Wildman–Crippen MR) is 108 cm³/mol. The van der Waals surface area contributed by atoms with Crippen molar-refractivity contribution in [3.05, 3.63) is 0 Å². The minimum atomic E-state index is -2.96. The fourth-order valence-corrected chi connectivity index (χ4v) is 9.57. The zero-order valence-electron chi connectivity index (χ0n) is 17.7. The summed E-state index contributed by atoms with van der Waals surface area (Å²) in [5, 5.41) is -0.135. The van der Waals surface area contributed by atoms with Crippen LogP contribution in [0.25, 0.3) is 0 Å². The van der Waals surface area contributed by atoms with Crippen LogP contribution in [0.2, 0.25) is 0 Å². The van der Waals surface area contributed by atoms with E-state index in [1.165, 1.54) is 6.42 Å². The number of rotatable bonds is 2. The minimum Gasteiger partial charge on any atom is -0.342 e. The smallest absolute Gasteiger partial charge is 0.222 e. The van der Waals surface area contributed by atoms with Crippen molar-refractivity contribution >= 4 is 15.7 Å². The monoisotopic (exact) mass is 395 g/mol. The first-order valence-corrected chi connectivity index (χ1v) is 12.7. The summed E-state index contributed by atoms with van der Waals surface area (Å²) < 4.78 is 25.3. The number of amides is 1.